The number of amides is 2. The van der Waals surface area contributed by atoms with Gasteiger partial charge in [0.15, 0.2) is 0 Å². The molecule has 26 heavy (non-hydrogen) atoms. The SMILES string of the molecule is Cl.Cl.O=C(NC(Oc1cccnc1)c1ccccc1F)N1CCNCC1. The summed E-state index contributed by atoms with van der Waals surface area (Å²) in [6.45, 7) is 2.67. The number of nitrogens with one attached hydrogen (secondary N) is 2. The van der Waals surface area contributed by atoms with E-state index in [0.29, 0.717) is 18.8 Å². The Morgan fingerprint density at radius 3 is 2.58 bits per heavy atom. The van der Waals surface area contributed by atoms with Crippen LogP contribution in [-0.4, -0.2) is 42.1 Å². The van der Waals surface area contributed by atoms with Crippen molar-refractivity contribution in [2.75, 3.05) is 26.2 Å². The Morgan fingerprint density at radius 1 is 1.19 bits per heavy atom. The Kier molecular flexibility index (Phi) is 9.12. The first-order valence-corrected chi connectivity index (χ1v) is 7.81. The van der Waals surface area contributed by atoms with Crippen molar-refractivity contribution in [3.05, 3.63) is 60.2 Å². The molecule has 0 aliphatic carbocycles. The van der Waals surface area contributed by atoms with Crippen LogP contribution < -0.4 is 15.4 Å². The van der Waals surface area contributed by atoms with E-state index in [1.54, 1.807) is 41.4 Å². The first kappa shape index (κ1) is 22.0. The summed E-state index contributed by atoms with van der Waals surface area (Å²) in [6.07, 6.45) is 2.20. The zero-order valence-corrected chi connectivity index (χ0v) is 15.6. The van der Waals surface area contributed by atoms with Crippen molar-refractivity contribution in [3.8, 4) is 5.75 Å². The number of carbonyl (C=O) groups is 1. The average Bonchev–Trinajstić information content (AvgIpc) is 2.63. The number of halogens is 3. The van der Waals surface area contributed by atoms with E-state index >= 15 is 0 Å². The third-order valence-electron chi connectivity index (χ3n) is 3.73. The van der Waals surface area contributed by atoms with E-state index in [9.17, 15) is 9.18 Å². The van der Waals surface area contributed by atoms with Crippen LogP contribution in [0.2, 0.25) is 0 Å². The second kappa shape index (κ2) is 10.8. The maximum absolute atomic E-state index is 14.2. The largest absolute Gasteiger partial charge is 0.465 e. The Labute approximate surface area is 163 Å². The van der Waals surface area contributed by atoms with Gasteiger partial charge in [0.05, 0.1) is 6.20 Å². The van der Waals surface area contributed by atoms with Gasteiger partial charge >= 0.3 is 6.03 Å². The number of rotatable bonds is 4. The minimum atomic E-state index is -0.933. The first-order chi connectivity index (χ1) is 11.7. The van der Waals surface area contributed by atoms with Gasteiger partial charge < -0.3 is 15.0 Å². The van der Waals surface area contributed by atoms with Crippen LogP contribution in [0.25, 0.3) is 0 Å². The topological polar surface area (TPSA) is 66.5 Å². The number of urea groups is 1. The van der Waals surface area contributed by atoms with E-state index in [4.69, 9.17) is 4.74 Å². The van der Waals surface area contributed by atoms with Crippen molar-refractivity contribution in [1.82, 2.24) is 20.5 Å². The van der Waals surface area contributed by atoms with Gasteiger partial charge in [0.1, 0.15) is 11.6 Å². The predicted octanol–water partition coefficient (Wildman–Crippen LogP) is 2.76. The molecule has 0 saturated carbocycles. The summed E-state index contributed by atoms with van der Waals surface area (Å²) in [4.78, 5) is 18.1. The van der Waals surface area contributed by atoms with Gasteiger partial charge in [-0.15, -0.1) is 24.8 Å². The molecule has 1 aliphatic heterocycles. The molecule has 0 spiro atoms. The minimum Gasteiger partial charge on any atom is -0.465 e. The molecule has 1 aliphatic rings. The lowest BCUT2D eigenvalue weighted by Gasteiger charge is -2.30. The first-order valence-electron chi connectivity index (χ1n) is 7.81. The highest BCUT2D eigenvalue weighted by Crippen LogP contribution is 2.21. The molecule has 1 aromatic heterocycles. The average molecular weight is 403 g/mol. The normalized spacial score (nSPS) is 14.4. The monoisotopic (exact) mass is 402 g/mol. The molecule has 2 amide bonds. The van der Waals surface area contributed by atoms with Crippen molar-refractivity contribution in [3.63, 3.8) is 0 Å². The van der Waals surface area contributed by atoms with E-state index < -0.39 is 12.0 Å². The Bertz CT molecular complexity index is 687. The number of ether oxygens (including phenoxy) is 1. The van der Waals surface area contributed by atoms with Crippen molar-refractivity contribution in [2.24, 2.45) is 0 Å². The molecule has 1 aromatic carbocycles. The molecule has 2 aromatic rings. The molecule has 1 unspecified atom stereocenters. The number of pyridine rings is 1. The van der Waals surface area contributed by atoms with Crippen LogP contribution in [0.4, 0.5) is 9.18 Å². The van der Waals surface area contributed by atoms with Gasteiger partial charge in [-0.2, -0.15) is 0 Å². The summed E-state index contributed by atoms with van der Waals surface area (Å²) in [5, 5.41) is 5.94. The smallest absolute Gasteiger partial charge is 0.320 e. The predicted molar refractivity (Wildman–Crippen MR) is 101 cm³/mol. The van der Waals surface area contributed by atoms with Gasteiger partial charge in [-0.05, 0) is 18.2 Å². The van der Waals surface area contributed by atoms with Crippen LogP contribution in [0.1, 0.15) is 11.8 Å². The van der Waals surface area contributed by atoms with Gasteiger partial charge in [0, 0.05) is 37.9 Å². The molecule has 6 nitrogen and oxygen atoms in total. The third kappa shape index (κ3) is 5.72. The summed E-state index contributed by atoms with van der Waals surface area (Å²) in [5.74, 6) is 0.0124. The van der Waals surface area contributed by atoms with Crippen molar-refractivity contribution < 1.29 is 13.9 Å². The molecule has 1 fully saturated rings. The van der Waals surface area contributed by atoms with E-state index in [-0.39, 0.29) is 36.4 Å². The van der Waals surface area contributed by atoms with Gasteiger partial charge in [0.2, 0.25) is 6.23 Å². The highest BCUT2D eigenvalue weighted by molar-refractivity contribution is 5.85. The molecule has 1 saturated heterocycles. The van der Waals surface area contributed by atoms with E-state index in [1.165, 1.54) is 12.3 Å². The molecule has 1 atom stereocenters. The summed E-state index contributed by atoms with van der Waals surface area (Å²) < 4.78 is 19.9. The lowest BCUT2D eigenvalue weighted by atomic mass is 10.2. The highest BCUT2D eigenvalue weighted by atomic mass is 35.5. The second-order valence-corrected chi connectivity index (χ2v) is 5.39. The Balaban J connectivity index is 0.00000169. The molecule has 2 heterocycles. The molecule has 3 rings (SSSR count). The van der Waals surface area contributed by atoms with E-state index in [2.05, 4.69) is 15.6 Å². The lowest BCUT2D eigenvalue weighted by Crippen LogP contribution is -2.51. The summed E-state index contributed by atoms with van der Waals surface area (Å²) in [6, 6.07) is 9.37. The molecule has 142 valence electrons. The number of piperazine rings is 1. The maximum Gasteiger partial charge on any atom is 0.320 e. The summed E-state index contributed by atoms with van der Waals surface area (Å²) >= 11 is 0. The molecule has 9 heteroatoms. The fourth-order valence-electron chi connectivity index (χ4n) is 2.48. The Morgan fingerprint density at radius 2 is 1.92 bits per heavy atom. The zero-order valence-electron chi connectivity index (χ0n) is 13.9. The van der Waals surface area contributed by atoms with Crippen molar-refractivity contribution in [1.29, 1.82) is 0 Å². The standard InChI is InChI=1S/C17H19FN4O2.2ClH/c18-15-6-2-1-5-14(15)16(24-13-4-3-7-20-12-13)21-17(23)22-10-8-19-9-11-22;;/h1-7,12,16,19H,8-11H2,(H,21,23);2*1H. The van der Waals surface area contributed by atoms with Crippen molar-refractivity contribution in [2.45, 2.75) is 6.23 Å². The Hall–Kier alpha value is -2.09. The van der Waals surface area contributed by atoms with Gasteiger partial charge in [-0.25, -0.2) is 9.18 Å². The summed E-state index contributed by atoms with van der Waals surface area (Å²) in [7, 11) is 0. The van der Waals surface area contributed by atoms with Gasteiger partial charge in [0.25, 0.3) is 0 Å². The van der Waals surface area contributed by atoms with Crippen LogP contribution in [-0.2, 0) is 0 Å². The number of hydrogen-bond donors (Lipinski definition) is 2. The summed E-state index contributed by atoms with van der Waals surface area (Å²) in [5.41, 5.74) is 0.268. The van der Waals surface area contributed by atoms with Gasteiger partial charge in [-0.3, -0.25) is 10.3 Å². The van der Waals surface area contributed by atoms with Crippen LogP contribution in [0.5, 0.6) is 5.75 Å². The van der Waals surface area contributed by atoms with E-state index in [0.717, 1.165) is 13.1 Å². The van der Waals surface area contributed by atoms with Gasteiger partial charge in [-0.1, -0.05) is 18.2 Å². The maximum atomic E-state index is 14.2. The second-order valence-electron chi connectivity index (χ2n) is 5.39. The number of benzene rings is 1. The molecule has 0 radical (unpaired) electrons. The van der Waals surface area contributed by atoms with Crippen molar-refractivity contribution >= 4 is 30.8 Å². The number of aromatic nitrogens is 1. The molecular formula is C17H21Cl2FN4O2. The minimum absolute atomic E-state index is 0. The fourth-order valence-corrected chi connectivity index (χ4v) is 2.48. The van der Waals surface area contributed by atoms with Crippen LogP contribution in [0, 0.1) is 5.82 Å². The number of carbonyl (C=O) groups excluding carboxylic acids is 1. The number of hydrogen-bond acceptors (Lipinski definition) is 4. The third-order valence-corrected chi connectivity index (χ3v) is 3.73. The quantitative estimate of drug-likeness (QED) is 0.771. The van der Waals surface area contributed by atoms with E-state index in [1.807, 2.05) is 0 Å². The molecule has 2 N–H and O–H groups in total. The lowest BCUT2D eigenvalue weighted by molar-refractivity contribution is 0.137. The number of nitrogens with zero attached hydrogens (tertiary/aromatic N) is 2. The van der Waals surface area contributed by atoms with Crippen LogP contribution in [0.15, 0.2) is 48.8 Å². The molecule has 0 bridgehead atoms. The van der Waals surface area contributed by atoms with Crippen LogP contribution in [0.3, 0.4) is 0 Å². The zero-order chi connectivity index (χ0) is 16.8. The fraction of sp³-hybridized carbons (Fsp3) is 0.294. The van der Waals surface area contributed by atoms with Crippen LogP contribution >= 0.6 is 24.8 Å². The molecular weight excluding hydrogens is 382 g/mol. The highest BCUT2D eigenvalue weighted by Gasteiger charge is 2.24.